The van der Waals surface area contributed by atoms with E-state index >= 15 is 0 Å². The Labute approximate surface area is 106 Å². The maximum atomic E-state index is 11.1. The zero-order chi connectivity index (χ0) is 12.7. The Morgan fingerprint density at radius 1 is 1.22 bits per heavy atom. The maximum Gasteiger partial charge on any atom is 0.239 e. The van der Waals surface area contributed by atoms with Crippen molar-refractivity contribution in [2.75, 3.05) is 5.32 Å². The van der Waals surface area contributed by atoms with Crippen LogP contribution in [0.15, 0.2) is 30.3 Å². The first-order chi connectivity index (χ1) is 8.66. The number of carbonyl (C=O) groups is 1. The lowest BCUT2D eigenvalue weighted by atomic mass is 10.0. The lowest BCUT2D eigenvalue weighted by Crippen LogP contribution is -2.32. The molecule has 0 spiro atoms. The molecule has 0 saturated heterocycles. The van der Waals surface area contributed by atoms with Crippen molar-refractivity contribution in [2.45, 2.75) is 25.8 Å². The molecule has 0 heterocycles. The summed E-state index contributed by atoms with van der Waals surface area (Å²) >= 11 is 0. The van der Waals surface area contributed by atoms with Gasteiger partial charge in [-0.3, -0.25) is 4.79 Å². The number of primary amides is 1. The van der Waals surface area contributed by atoms with Crippen LogP contribution in [-0.4, -0.2) is 11.9 Å². The molecule has 3 rings (SSSR count). The number of hydrogen-bond donors (Lipinski definition) is 2. The van der Waals surface area contributed by atoms with E-state index in [2.05, 4.69) is 29.6 Å². The molecule has 1 amide bonds. The van der Waals surface area contributed by atoms with Gasteiger partial charge in [-0.05, 0) is 42.3 Å². The van der Waals surface area contributed by atoms with Gasteiger partial charge in [0.25, 0.3) is 0 Å². The highest BCUT2D eigenvalue weighted by molar-refractivity contribution is 6.00. The number of carbonyl (C=O) groups excluding carboxylic acids is 1. The van der Waals surface area contributed by atoms with Gasteiger partial charge in [0.05, 0.1) is 0 Å². The predicted octanol–water partition coefficient (Wildman–Crippen LogP) is 2.22. The number of benzene rings is 2. The van der Waals surface area contributed by atoms with Crippen molar-refractivity contribution in [1.29, 1.82) is 0 Å². The van der Waals surface area contributed by atoms with Crippen molar-refractivity contribution < 1.29 is 4.79 Å². The second-order valence-corrected chi connectivity index (χ2v) is 4.88. The van der Waals surface area contributed by atoms with E-state index in [9.17, 15) is 4.79 Å². The quantitative estimate of drug-likeness (QED) is 0.864. The summed E-state index contributed by atoms with van der Waals surface area (Å²) in [4.78, 5) is 11.1. The first-order valence-electron chi connectivity index (χ1n) is 6.26. The minimum Gasteiger partial charge on any atom is -0.373 e. The van der Waals surface area contributed by atoms with Crippen LogP contribution in [0, 0.1) is 0 Å². The van der Waals surface area contributed by atoms with Gasteiger partial charge < -0.3 is 11.1 Å². The maximum absolute atomic E-state index is 11.1. The molecule has 92 valence electrons. The SMILES string of the molecule is C[C@@H](Nc1ccc2c3c(cccc13)CC2)C(N)=O. The molecule has 1 aliphatic carbocycles. The average molecular weight is 240 g/mol. The number of hydrogen-bond acceptors (Lipinski definition) is 2. The van der Waals surface area contributed by atoms with Crippen molar-refractivity contribution in [3.8, 4) is 0 Å². The number of nitrogens with one attached hydrogen (secondary N) is 1. The first-order valence-corrected chi connectivity index (χ1v) is 6.26. The van der Waals surface area contributed by atoms with Crippen molar-refractivity contribution >= 4 is 22.4 Å². The van der Waals surface area contributed by atoms with Gasteiger partial charge >= 0.3 is 0 Å². The highest BCUT2D eigenvalue weighted by atomic mass is 16.1. The second kappa shape index (κ2) is 4.02. The van der Waals surface area contributed by atoms with Crippen LogP contribution in [0.1, 0.15) is 18.1 Å². The molecule has 1 aliphatic rings. The molecule has 0 bridgehead atoms. The second-order valence-electron chi connectivity index (χ2n) is 4.88. The Bertz CT molecular complexity index is 623. The number of anilines is 1. The Morgan fingerprint density at radius 3 is 2.67 bits per heavy atom. The van der Waals surface area contributed by atoms with E-state index in [1.807, 2.05) is 6.07 Å². The lowest BCUT2D eigenvalue weighted by molar-refractivity contribution is -0.118. The Balaban J connectivity index is 2.12. The highest BCUT2D eigenvalue weighted by Crippen LogP contribution is 2.35. The summed E-state index contributed by atoms with van der Waals surface area (Å²) in [5.41, 5.74) is 9.09. The van der Waals surface area contributed by atoms with Crippen LogP contribution in [0.3, 0.4) is 0 Å². The number of rotatable bonds is 3. The van der Waals surface area contributed by atoms with Crippen LogP contribution in [0.2, 0.25) is 0 Å². The summed E-state index contributed by atoms with van der Waals surface area (Å²) in [5.74, 6) is -0.335. The third-order valence-electron chi connectivity index (χ3n) is 3.68. The van der Waals surface area contributed by atoms with E-state index in [1.165, 1.54) is 21.9 Å². The minimum absolute atomic E-state index is 0.335. The van der Waals surface area contributed by atoms with Gasteiger partial charge in [-0.1, -0.05) is 24.3 Å². The largest absolute Gasteiger partial charge is 0.373 e. The standard InChI is InChI=1S/C15H16N2O/c1-9(15(16)18)17-13-8-7-11-6-5-10-3-2-4-12(13)14(10)11/h2-4,7-9,17H,5-6H2,1H3,(H2,16,18)/t9-/m1/s1. The molecular formula is C15H16N2O. The summed E-state index contributed by atoms with van der Waals surface area (Å²) in [5, 5.41) is 5.73. The Hall–Kier alpha value is -2.03. The molecule has 0 saturated carbocycles. The first kappa shape index (κ1) is 11.1. The van der Waals surface area contributed by atoms with Crippen molar-refractivity contribution in [3.05, 3.63) is 41.5 Å². The zero-order valence-electron chi connectivity index (χ0n) is 10.4. The topological polar surface area (TPSA) is 55.1 Å². The number of aryl methyl sites for hydroxylation is 2. The normalized spacial score (nSPS) is 14.7. The monoisotopic (exact) mass is 240 g/mol. The van der Waals surface area contributed by atoms with Gasteiger partial charge in [0, 0.05) is 11.1 Å². The van der Waals surface area contributed by atoms with E-state index in [4.69, 9.17) is 5.73 Å². The summed E-state index contributed by atoms with van der Waals surface area (Å²) < 4.78 is 0. The molecule has 0 aliphatic heterocycles. The molecule has 2 aromatic carbocycles. The molecule has 18 heavy (non-hydrogen) atoms. The fraction of sp³-hybridized carbons (Fsp3) is 0.267. The fourth-order valence-electron chi connectivity index (χ4n) is 2.68. The summed E-state index contributed by atoms with van der Waals surface area (Å²) in [7, 11) is 0. The van der Waals surface area contributed by atoms with Gasteiger partial charge in [0.15, 0.2) is 0 Å². The molecule has 0 aromatic heterocycles. The summed E-state index contributed by atoms with van der Waals surface area (Å²) in [6.45, 7) is 1.78. The molecule has 0 fully saturated rings. The van der Waals surface area contributed by atoms with Gasteiger partial charge in [-0.15, -0.1) is 0 Å². The summed E-state index contributed by atoms with van der Waals surface area (Å²) in [6, 6.07) is 10.2. The highest BCUT2D eigenvalue weighted by Gasteiger charge is 2.17. The third kappa shape index (κ3) is 1.63. The zero-order valence-corrected chi connectivity index (χ0v) is 10.4. The van der Waals surface area contributed by atoms with Crippen LogP contribution < -0.4 is 11.1 Å². The molecule has 1 atom stereocenters. The Kier molecular flexibility index (Phi) is 2.47. The molecule has 0 radical (unpaired) electrons. The van der Waals surface area contributed by atoms with E-state index in [0.717, 1.165) is 18.5 Å². The van der Waals surface area contributed by atoms with E-state index in [1.54, 1.807) is 6.92 Å². The van der Waals surface area contributed by atoms with Crippen LogP contribution in [0.4, 0.5) is 5.69 Å². The molecular weight excluding hydrogens is 224 g/mol. The van der Waals surface area contributed by atoms with E-state index < -0.39 is 0 Å². The predicted molar refractivity (Wildman–Crippen MR) is 73.6 cm³/mol. The Morgan fingerprint density at radius 2 is 1.94 bits per heavy atom. The molecule has 3 heteroatoms. The van der Waals surface area contributed by atoms with Gasteiger partial charge in [-0.2, -0.15) is 0 Å². The molecule has 3 nitrogen and oxygen atoms in total. The average Bonchev–Trinajstić information content (AvgIpc) is 2.77. The van der Waals surface area contributed by atoms with Crippen molar-refractivity contribution in [3.63, 3.8) is 0 Å². The van der Waals surface area contributed by atoms with E-state index in [-0.39, 0.29) is 11.9 Å². The van der Waals surface area contributed by atoms with Gasteiger partial charge in [0.2, 0.25) is 5.91 Å². The fourth-order valence-corrected chi connectivity index (χ4v) is 2.68. The van der Waals surface area contributed by atoms with Gasteiger partial charge in [-0.25, -0.2) is 0 Å². The minimum atomic E-state index is -0.358. The molecule has 0 unspecified atom stereocenters. The van der Waals surface area contributed by atoms with Crippen molar-refractivity contribution in [2.24, 2.45) is 5.73 Å². The smallest absolute Gasteiger partial charge is 0.239 e. The number of amides is 1. The number of nitrogens with two attached hydrogens (primary N) is 1. The summed E-state index contributed by atoms with van der Waals surface area (Å²) in [6.07, 6.45) is 2.23. The van der Waals surface area contributed by atoms with Crippen LogP contribution >= 0.6 is 0 Å². The molecule has 3 N–H and O–H groups in total. The van der Waals surface area contributed by atoms with E-state index in [0.29, 0.717) is 0 Å². The van der Waals surface area contributed by atoms with Crippen LogP contribution in [0.5, 0.6) is 0 Å². The molecule has 2 aromatic rings. The third-order valence-corrected chi connectivity index (χ3v) is 3.68. The van der Waals surface area contributed by atoms with Crippen molar-refractivity contribution in [1.82, 2.24) is 0 Å². The lowest BCUT2D eigenvalue weighted by Gasteiger charge is -2.15. The van der Waals surface area contributed by atoms with Crippen LogP contribution in [-0.2, 0) is 17.6 Å². The van der Waals surface area contributed by atoms with Gasteiger partial charge in [0.1, 0.15) is 6.04 Å². The van der Waals surface area contributed by atoms with Crippen LogP contribution in [0.25, 0.3) is 10.8 Å².